The first-order valence-electron chi connectivity index (χ1n) is 10.4. The zero-order chi connectivity index (χ0) is 23.6. The van der Waals surface area contributed by atoms with Crippen LogP contribution in [0.2, 0.25) is 0 Å². The molecule has 0 aliphatic rings. The summed E-state index contributed by atoms with van der Waals surface area (Å²) in [5.74, 6) is 1.81. The third-order valence-corrected chi connectivity index (χ3v) is 6.03. The minimum atomic E-state index is -0.385. The molecule has 0 bridgehead atoms. The number of benzene rings is 2. The molecule has 0 unspecified atom stereocenters. The molecule has 8 heteroatoms. The van der Waals surface area contributed by atoms with E-state index in [0.717, 1.165) is 20.9 Å². The van der Waals surface area contributed by atoms with Gasteiger partial charge in [-0.2, -0.15) is 9.78 Å². The van der Waals surface area contributed by atoms with Crippen LogP contribution in [0.1, 0.15) is 52.4 Å². The van der Waals surface area contributed by atoms with E-state index in [0.29, 0.717) is 28.2 Å². The van der Waals surface area contributed by atoms with Crippen molar-refractivity contribution >= 4 is 49.0 Å². The first-order chi connectivity index (χ1) is 15.0. The van der Waals surface area contributed by atoms with Gasteiger partial charge < -0.3 is 9.47 Å². The molecule has 0 amide bonds. The van der Waals surface area contributed by atoms with Gasteiger partial charge >= 0.3 is 0 Å². The summed E-state index contributed by atoms with van der Waals surface area (Å²) in [5, 5.41) is 5.03. The number of nitrogens with zero attached hydrogens (tertiary/aromatic N) is 3. The lowest BCUT2D eigenvalue weighted by atomic mass is 9.95. The molecule has 3 aromatic rings. The van der Waals surface area contributed by atoms with Crippen LogP contribution < -0.4 is 15.0 Å². The highest BCUT2D eigenvalue weighted by atomic mass is 79.9. The molecule has 0 aliphatic heterocycles. The number of halogens is 2. The molecule has 2 aromatic carbocycles. The SMILES string of the molecule is CC[C@H](C)Oc1c(Br)cc(C=Nn2c(C(C)(C)C)nc3ccc(Br)cc3c2=O)cc1OC. The molecule has 0 N–H and O–H groups in total. The number of ether oxygens (including phenoxy) is 2. The van der Waals surface area contributed by atoms with Crippen LogP contribution in [0.5, 0.6) is 11.5 Å². The van der Waals surface area contributed by atoms with Crippen LogP contribution in [-0.4, -0.2) is 29.1 Å². The molecule has 0 aliphatic carbocycles. The first-order valence-corrected chi connectivity index (χ1v) is 11.9. The average Bonchev–Trinajstić information content (AvgIpc) is 2.73. The number of aromatic nitrogens is 2. The monoisotopic (exact) mass is 563 g/mol. The van der Waals surface area contributed by atoms with E-state index in [1.54, 1.807) is 19.4 Å². The van der Waals surface area contributed by atoms with Crippen molar-refractivity contribution in [2.45, 2.75) is 52.6 Å². The third-order valence-electron chi connectivity index (χ3n) is 4.95. The Morgan fingerprint density at radius 1 is 1.22 bits per heavy atom. The number of hydrogen-bond acceptors (Lipinski definition) is 5. The second-order valence-corrected chi connectivity index (χ2v) is 10.3. The summed E-state index contributed by atoms with van der Waals surface area (Å²) in [6.45, 7) is 10.1. The van der Waals surface area contributed by atoms with Crippen molar-refractivity contribution in [1.82, 2.24) is 9.66 Å². The van der Waals surface area contributed by atoms with Crippen LogP contribution in [0.3, 0.4) is 0 Å². The van der Waals surface area contributed by atoms with Crippen molar-refractivity contribution in [2.75, 3.05) is 7.11 Å². The molecule has 6 nitrogen and oxygen atoms in total. The Bertz CT molecular complexity index is 1230. The van der Waals surface area contributed by atoms with Crippen molar-refractivity contribution in [3.05, 3.63) is 61.0 Å². The van der Waals surface area contributed by atoms with Gasteiger partial charge in [-0.25, -0.2) is 4.98 Å². The fraction of sp³-hybridized carbons (Fsp3) is 0.375. The van der Waals surface area contributed by atoms with Crippen molar-refractivity contribution in [2.24, 2.45) is 5.10 Å². The maximum absolute atomic E-state index is 13.3. The maximum atomic E-state index is 13.3. The summed E-state index contributed by atoms with van der Waals surface area (Å²) in [4.78, 5) is 18.0. The van der Waals surface area contributed by atoms with Gasteiger partial charge in [0.15, 0.2) is 11.5 Å². The number of hydrogen-bond donors (Lipinski definition) is 0. The topological polar surface area (TPSA) is 65.7 Å². The minimum absolute atomic E-state index is 0.0515. The molecule has 1 aromatic heterocycles. The van der Waals surface area contributed by atoms with Crippen LogP contribution in [0.15, 0.2) is 49.2 Å². The van der Waals surface area contributed by atoms with Crippen molar-refractivity contribution in [3.8, 4) is 11.5 Å². The summed E-state index contributed by atoms with van der Waals surface area (Å²) in [7, 11) is 1.60. The second-order valence-electron chi connectivity index (χ2n) is 8.58. The fourth-order valence-electron chi connectivity index (χ4n) is 3.08. The van der Waals surface area contributed by atoms with Gasteiger partial charge in [-0.3, -0.25) is 4.79 Å². The van der Waals surface area contributed by atoms with Crippen molar-refractivity contribution in [3.63, 3.8) is 0 Å². The predicted octanol–water partition coefficient (Wildman–Crippen LogP) is 6.29. The van der Waals surface area contributed by atoms with Crippen LogP contribution >= 0.6 is 31.9 Å². The molecule has 0 saturated carbocycles. The Kier molecular flexibility index (Phi) is 7.45. The standard InChI is InChI=1S/C24H27Br2N3O3/c1-7-14(2)32-21-18(26)10-15(11-20(21)31-6)13-27-29-22(30)17-12-16(25)8-9-19(17)28-23(29)24(3,4)5/h8-14H,7H2,1-6H3/t14-/m0/s1. The van der Waals surface area contributed by atoms with Gasteiger partial charge in [-0.05, 0) is 65.2 Å². The lowest BCUT2D eigenvalue weighted by Gasteiger charge is -2.21. The molecule has 0 radical (unpaired) electrons. The van der Waals surface area contributed by atoms with Gasteiger partial charge in [0, 0.05) is 9.89 Å². The van der Waals surface area contributed by atoms with E-state index in [4.69, 9.17) is 14.5 Å². The highest BCUT2D eigenvalue weighted by Crippen LogP contribution is 2.37. The molecule has 1 atom stereocenters. The van der Waals surface area contributed by atoms with Crippen molar-refractivity contribution < 1.29 is 9.47 Å². The van der Waals surface area contributed by atoms with Gasteiger partial charge in [0.2, 0.25) is 0 Å². The van der Waals surface area contributed by atoms with Crippen LogP contribution in [0, 0.1) is 0 Å². The van der Waals surface area contributed by atoms with Crippen LogP contribution in [0.4, 0.5) is 0 Å². The largest absolute Gasteiger partial charge is 0.493 e. The Morgan fingerprint density at radius 3 is 2.56 bits per heavy atom. The summed E-state index contributed by atoms with van der Waals surface area (Å²) in [6.07, 6.45) is 2.56. The number of fused-ring (bicyclic) bond motifs is 1. The Labute approximate surface area is 204 Å². The van der Waals surface area contributed by atoms with Crippen LogP contribution in [-0.2, 0) is 5.41 Å². The van der Waals surface area contributed by atoms with Gasteiger partial charge in [-0.1, -0.05) is 43.6 Å². The fourth-order valence-corrected chi connectivity index (χ4v) is 3.99. The molecule has 3 rings (SSSR count). The smallest absolute Gasteiger partial charge is 0.282 e. The molecule has 0 spiro atoms. The number of methoxy groups -OCH3 is 1. The minimum Gasteiger partial charge on any atom is -0.493 e. The van der Waals surface area contributed by atoms with E-state index in [9.17, 15) is 4.79 Å². The summed E-state index contributed by atoms with van der Waals surface area (Å²) < 4.78 is 14.5. The summed E-state index contributed by atoms with van der Waals surface area (Å²) >= 11 is 7.00. The molecular weight excluding hydrogens is 538 g/mol. The number of rotatable bonds is 6. The molecule has 1 heterocycles. The zero-order valence-electron chi connectivity index (χ0n) is 19.1. The molecule has 32 heavy (non-hydrogen) atoms. The van der Waals surface area contributed by atoms with Gasteiger partial charge in [-0.15, -0.1) is 0 Å². The lowest BCUT2D eigenvalue weighted by Crippen LogP contribution is -2.29. The Hall–Kier alpha value is -2.19. The van der Waals surface area contributed by atoms with E-state index >= 15 is 0 Å². The molecule has 0 saturated heterocycles. The molecule has 170 valence electrons. The van der Waals surface area contributed by atoms with E-state index in [-0.39, 0.29) is 17.1 Å². The van der Waals surface area contributed by atoms with Gasteiger partial charge in [0.25, 0.3) is 5.56 Å². The van der Waals surface area contributed by atoms with E-state index < -0.39 is 0 Å². The Balaban J connectivity index is 2.13. The van der Waals surface area contributed by atoms with E-state index in [1.165, 1.54) is 4.68 Å². The lowest BCUT2D eigenvalue weighted by molar-refractivity contribution is 0.206. The summed E-state index contributed by atoms with van der Waals surface area (Å²) in [6, 6.07) is 9.20. The molecular formula is C24H27Br2N3O3. The maximum Gasteiger partial charge on any atom is 0.282 e. The quantitative estimate of drug-likeness (QED) is 0.330. The van der Waals surface area contributed by atoms with Crippen LogP contribution in [0.25, 0.3) is 10.9 Å². The van der Waals surface area contributed by atoms with E-state index in [2.05, 4.69) is 43.9 Å². The first kappa shape index (κ1) is 24.5. The van der Waals surface area contributed by atoms with E-state index in [1.807, 2.05) is 52.0 Å². The zero-order valence-corrected chi connectivity index (χ0v) is 22.2. The van der Waals surface area contributed by atoms with Gasteiger partial charge in [0.1, 0.15) is 5.82 Å². The third kappa shape index (κ3) is 5.23. The Morgan fingerprint density at radius 2 is 1.94 bits per heavy atom. The highest BCUT2D eigenvalue weighted by Gasteiger charge is 2.23. The average molecular weight is 565 g/mol. The van der Waals surface area contributed by atoms with Gasteiger partial charge in [0.05, 0.1) is 34.8 Å². The normalized spacial score (nSPS) is 13.0. The highest BCUT2D eigenvalue weighted by molar-refractivity contribution is 9.10. The molecule has 0 fully saturated rings. The second kappa shape index (κ2) is 9.75. The van der Waals surface area contributed by atoms with Crippen molar-refractivity contribution in [1.29, 1.82) is 0 Å². The predicted molar refractivity (Wildman–Crippen MR) is 136 cm³/mol. The summed E-state index contributed by atoms with van der Waals surface area (Å²) in [5.41, 5.74) is 0.793.